The Bertz CT molecular complexity index is 499. The number of carbonyl (C=O) groups is 2. The quantitative estimate of drug-likeness (QED) is 0.819. The van der Waals surface area contributed by atoms with E-state index in [0.29, 0.717) is 11.4 Å². The molecule has 1 N–H and O–H groups in total. The van der Waals surface area contributed by atoms with E-state index in [1.54, 1.807) is 6.92 Å². The van der Waals surface area contributed by atoms with E-state index in [-0.39, 0.29) is 28.6 Å². The summed E-state index contributed by atoms with van der Waals surface area (Å²) in [6.07, 6.45) is 0. The number of nitrogens with one attached hydrogen (secondary N) is 1. The molecule has 4 nitrogen and oxygen atoms in total. The summed E-state index contributed by atoms with van der Waals surface area (Å²) in [5.41, 5.74) is 0.361. The van der Waals surface area contributed by atoms with E-state index in [9.17, 15) is 14.0 Å². The highest BCUT2D eigenvalue weighted by Crippen LogP contribution is 2.22. The van der Waals surface area contributed by atoms with Gasteiger partial charge in [0.1, 0.15) is 5.82 Å². The Morgan fingerprint density at radius 2 is 2.20 bits per heavy atom. The first-order chi connectivity index (χ1) is 9.43. The van der Waals surface area contributed by atoms with E-state index < -0.39 is 5.82 Å². The van der Waals surface area contributed by atoms with Gasteiger partial charge in [0.15, 0.2) is 0 Å². The van der Waals surface area contributed by atoms with Crippen molar-refractivity contribution in [3.8, 4) is 0 Å². The van der Waals surface area contributed by atoms with Crippen LogP contribution in [0.3, 0.4) is 0 Å². The molecule has 0 aliphatic rings. The molecule has 0 aliphatic heterocycles. The molecule has 0 heterocycles. The lowest BCUT2D eigenvalue weighted by Crippen LogP contribution is -2.18. The summed E-state index contributed by atoms with van der Waals surface area (Å²) >= 11 is 7.11. The largest absolute Gasteiger partial charge is 0.469 e. The lowest BCUT2D eigenvalue weighted by molar-refractivity contribution is -0.144. The molecule has 20 heavy (non-hydrogen) atoms. The second-order valence-corrected chi connectivity index (χ2v) is 5.55. The van der Waals surface area contributed by atoms with Crippen molar-refractivity contribution < 1.29 is 18.7 Å². The lowest BCUT2D eigenvalue weighted by atomic mass is 10.2. The van der Waals surface area contributed by atoms with Crippen LogP contribution >= 0.6 is 23.4 Å². The molecule has 0 aromatic heterocycles. The van der Waals surface area contributed by atoms with E-state index in [1.807, 2.05) is 0 Å². The second-order valence-electron chi connectivity index (χ2n) is 4.11. The zero-order valence-corrected chi connectivity index (χ0v) is 12.7. The third-order valence-electron chi connectivity index (χ3n) is 2.41. The number of thioether (sulfide) groups is 1. The maximum atomic E-state index is 12.8. The fourth-order valence-corrected chi connectivity index (χ4v) is 2.45. The van der Waals surface area contributed by atoms with Crippen LogP contribution in [0.5, 0.6) is 0 Å². The Labute approximate surface area is 126 Å². The number of anilines is 1. The van der Waals surface area contributed by atoms with Crippen molar-refractivity contribution in [1.82, 2.24) is 0 Å². The molecule has 1 atom stereocenters. The number of hydrogen-bond donors (Lipinski definition) is 1. The number of amides is 1. The molecule has 1 rings (SSSR count). The van der Waals surface area contributed by atoms with Gasteiger partial charge in [0.2, 0.25) is 5.91 Å². The Hall–Kier alpha value is -1.27. The van der Waals surface area contributed by atoms with Gasteiger partial charge in [-0.2, -0.15) is 11.8 Å². The molecule has 0 saturated carbocycles. The van der Waals surface area contributed by atoms with Crippen LogP contribution in [0.1, 0.15) is 6.92 Å². The van der Waals surface area contributed by atoms with Crippen LogP contribution in [-0.2, 0) is 14.3 Å². The zero-order valence-electron chi connectivity index (χ0n) is 11.1. The Morgan fingerprint density at radius 1 is 1.50 bits per heavy atom. The van der Waals surface area contributed by atoms with Crippen LogP contribution in [0.4, 0.5) is 10.1 Å². The van der Waals surface area contributed by atoms with Crippen molar-refractivity contribution in [2.75, 3.05) is 23.9 Å². The predicted molar refractivity (Wildman–Crippen MR) is 78.5 cm³/mol. The number of methoxy groups -OCH3 is 1. The van der Waals surface area contributed by atoms with Gasteiger partial charge < -0.3 is 10.1 Å². The summed E-state index contributed by atoms with van der Waals surface area (Å²) in [6, 6.07) is 3.74. The smallest absolute Gasteiger partial charge is 0.309 e. The Kier molecular flexibility index (Phi) is 6.81. The summed E-state index contributed by atoms with van der Waals surface area (Å²) in [5, 5.41) is 2.72. The van der Waals surface area contributed by atoms with Gasteiger partial charge in [0, 0.05) is 5.75 Å². The van der Waals surface area contributed by atoms with Crippen molar-refractivity contribution in [3.63, 3.8) is 0 Å². The zero-order chi connectivity index (χ0) is 15.1. The number of rotatable bonds is 6. The number of benzene rings is 1. The predicted octanol–water partition coefficient (Wildman–Crippen LogP) is 2.96. The van der Waals surface area contributed by atoms with E-state index in [2.05, 4.69) is 10.1 Å². The summed E-state index contributed by atoms with van der Waals surface area (Å²) < 4.78 is 17.4. The number of carbonyl (C=O) groups excluding carboxylic acids is 2. The van der Waals surface area contributed by atoms with Crippen LogP contribution in [-0.4, -0.2) is 30.5 Å². The minimum Gasteiger partial charge on any atom is -0.469 e. The van der Waals surface area contributed by atoms with Crippen molar-refractivity contribution in [3.05, 3.63) is 29.0 Å². The van der Waals surface area contributed by atoms with Gasteiger partial charge in [-0.05, 0) is 18.2 Å². The number of hydrogen-bond acceptors (Lipinski definition) is 4. The topological polar surface area (TPSA) is 55.4 Å². The number of halogens is 2. The fraction of sp³-hybridized carbons (Fsp3) is 0.385. The normalized spacial score (nSPS) is 11.8. The minimum atomic E-state index is -0.464. The Balaban J connectivity index is 2.39. The highest BCUT2D eigenvalue weighted by atomic mass is 35.5. The van der Waals surface area contributed by atoms with E-state index in [1.165, 1.54) is 31.0 Å². The molecule has 1 unspecified atom stereocenters. The van der Waals surface area contributed by atoms with Crippen LogP contribution in [0, 0.1) is 11.7 Å². The van der Waals surface area contributed by atoms with Gasteiger partial charge in [0.05, 0.1) is 29.5 Å². The third-order valence-corrected chi connectivity index (χ3v) is 3.92. The van der Waals surface area contributed by atoms with Gasteiger partial charge in [-0.3, -0.25) is 9.59 Å². The molecular formula is C13H15ClFNO3S. The van der Waals surface area contributed by atoms with Crippen molar-refractivity contribution in [2.24, 2.45) is 5.92 Å². The molecule has 1 aromatic carbocycles. The van der Waals surface area contributed by atoms with Gasteiger partial charge >= 0.3 is 5.97 Å². The SMILES string of the molecule is COC(=O)C(C)CSCC(=O)Nc1ccc(F)cc1Cl. The lowest BCUT2D eigenvalue weighted by Gasteiger charge is -2.09. The number of esters is 1. The van der Waals surface area contributed by atoms with Gasteiger partial charge in [-0.15, -0.1) is 0 Å². The van der Waals surface area contributed by atoms with Crippen LogP contribution in [0.15, 0.2) is 18.2 Å². The van der Waals surface area contributed by atoms with Crippen molar-refractivity contribution >= 4 is 40.9 Å². The molecule has 0 bridgehead atoms. The first kappa shape index (κ1) is 16.8. The molecule has 0 spiro atoms. The maximum Gasteiger partial charge on any atom is 0.309 e. The van der Waals surface area contributed by atoms with Gasteiger partial charge in [-0.1, -0.05) is 18.5 Å². The second kappa shape index (κ2) is 8.11. The first-order valence-electron chi connectivity index (χ1n) is 5.84. The highest BCUT2D eigenvalue weighted by molar-refractivity contribution is 8.00. The summed E-state index contributed by atoms with van der Waals surface area (Å²) in [7, 11) is 1.33. The Morgan fingerprint density at radius 3 is 2.80 bits per heavy atom. The molecule has 1 aromatic rings. The summed E-state index contributed by atoms with van der Waals surface area (Å²) in [5.74, 6) is -0.645. The number of ether oxygens (including phenoxy) is 1. The molecule has 1 amide bonds. The third kappa shape index (κ3) is 5.38. The average Bonchev–Trinajstić information content (AvgIpc) is 2.41. The highest BCUT2D eigenvalue weighted by Gasteiger charge is 2.14. The van der Waals surface area contributed by atoms with Gasteiger partial charge in [-0.25, -0.2) is 4.39 Å². The molecular weight excluding hydrogens is 305 g/mol. The maximum absolute atomic E-state index is 12.8. The standard InChI is InChI=1S/C13H15ClFNO3S/c1-8(13(18)19-2)6-20-7-12(17)16-11-4-3-9(15)5-10(11)14/h3-5,8H,6-7H2,1-2H3,(H,16,17). The molecule has 7 heteroatoms. The molecule has 0 aliphatic carbocycles. The van der Waals surface area contributed by atoms with Crippen molar-refractivity contribution in [1.29, 1.82) is 0 Å². The van der Waals surface area contributed by atoms with Crippen LogP contribution in [0.25, 0.3) is 0 Å². The van der Waals surface area contributed by atoms with Gasteiger partial charge in [0.25, 0.3) is 0 Å². The average molecular weight is 320 g/mol. The first-order valence-corrected chi connectivity index (χ1v) is 7.37. The van der Waals surface area contributed by atoms with E-state index in [0.717, 1.165) is 6.07 Å². The summed E-state index contributed by atoms with van der Waals surface area (Å²) in [4.78, 5) is 22.8. The fourth-order valence-electron chi connectivity index (χ4n) is 1.37. The van der Waals surface area contributed by atoms with E-state index in [4.69, 9.17) is 11.6 Å². The van der Waals surface area contributed by atoms with Crippen molar-refractivity contribution in [2.45, 2.75) is 6.92 Å². The molecule has 0 radical (unpaired) electrons. The monoisotopic (exact) mass is 319 g/mol. The molecule has 0 fully saturated rings. The summed E-state index contributed by atoms with van der Waals surface area (Å²) in [6.45, 7) is 1.73. The molecule has 110 valence electrons. The van der Waals surface area contributed by atoms with E-state index >= 15 is 0 Å². The minimum absolute atomic E-state index is 0.145. The van der Waals surface area contributed by atoms with Crippen LogP contribution < -0.4 is 5.32 Å². The van der Waals surface area contributed by atoms with Crippen LogP contribution in [0.2, 0.25) is 5.02 Å². The molecule has 0 saturated heterocycles.